The molecule has 0 saturated heterocycles. The van der Waals surface area contributed by atoms with E-state index in [1.165, 1.54) is 18.8 Å². The predicted octanol–water partition coefficient (Wildman–Crippen LogP) is 1.18. The van der Waals surface area contributed by atoms with E-state index in [4.69, 9.17) is 0 Å². The molecule has 0 saturated carbocycles. The van der Waals surface area contributed by atoms with Gasteiger partial charge in [-0.2, -0.15) is 5.10 Å². The van der Waals surface area contributed by atoms with Gasteiger partial charge in [0.15, 0.2) is 0 Å². The quantitative estimate of drug-likeness (QED) is 0.822. The van der Waals surface area contributed by atoms with Crippen LogP contribution < -0.4 is 10.6 Å². The van der Waals surface area contributed by atoms with Crippen LogP contribution in [0.15, 0.2) is 35.5 Å². The summed E-state index contributed by atoms with van der Waals surface area (Å²) >= 11 is 1.24. The van der Waals surface area contributed by atoms with E-state index >= 15 is 0 Å². The molecule has 7 heteroatoms. The van der Waals surface area contributed by atoms with Crippen molar-refractivity contribution >= 4 is 34.5 Å². The van der Waals surface area contributed by atoms with Gasteiger partial charge in [-0.05, 0) is 0 Å². The van der Waals surface area contributed by atoms with E-state index in [9.17, 15) is 9.59 Å². The highest BCUT2D eigenvalue weighted by Gasteiger charge is 2.09. The summed E-state index contributed by atoms with van der Waals surface area (Å²) in [5.41, 5.74) is 0. The Balaban J connectivity index is 2.06. The summed E-state index contributed by atoms with van der Waals surface area (Å²) in [4.78, 5) is 22.4. The number of urea groups is 1. The standard InChI is InChI=1S/C12H12N4O2S/c1-13-12(18)15-10(17)7-19-11-9-5-3-2-4-8(9)6-14-16-11/h2-6H,7H2,1H3,(H2,13,15,17,18). The third kappa shape index (κ3) is 3.41. The number of hydrogen-bond donors (Lipinski definition) is 2. The topological polar surface area (TPSA) is 84.0 Å². The normalized spacial score (nSPS) is 10.2. The second-order valence-electron chi connectivity index (χ2n) is 3.65. The van der Waals surface area contributed by atoms with Gasteiger partial charge in [-0.25, -0.2) is 4.79 Å². The van der Waals surface area contributed by atoms with Crippen LogP contribution >= 0.6 is 11.8 Å². The average Bonchev–Trinajstić information content (AvgIpc) is 2.44. The van der Waals surface area contributed by atoms with Gasteiger partial charge in [0.25, 0.3) is 0 Å². The molecular formula is C12H12N4O2S. The van der Waals surface area contributed by atoms with Crippen molar-refractivity contribution in [3.63, 3.8) is 0 Å². The summed E-state index contributed by atoms with van der Waals surface area (Å²) in [6, 6.07) is 7.14. The number of amides is 3. The highest BCUT2D eigenvalue weighted by atomic mass is 32.2. The fourth-order valence-corrected chi connectivity index (χ4v) is 2.25. The fourth-order valence-electron chi connectivity index (χ4n) is 1.47. The first kappa shape index (κ1) is 13.3. The minimum atomic E-state index is -0.519. The molecule has 0 unspecified atom stereocenters. The Morgan fingerprint density at radius 3 is 2.89 bits per heavy atom. The zero-order valence-corrected chi connectivity index (χ0v) is 11.0. The van der Waals surface area contributed by atoms with Crippen molar-refractivity contribution in [2.75, 3.05) is 12.8 Å². The molecule has 6 nitrogen and oxygen atoms in total. The van der Waals surface area contributed by atoms with Crippen LogP contribution in [0.2, 0.25) is 0 Å². The van der Waals surface area contributed by atoms with Gasteiger partial charge < -0.3 is 5.32 Å². The molecule has 98 valence electrons. The lowest BCUT2D eigenvalue weighted by Gasteiger charge is -2.04. The summed E-state index contributed by atoms with van der Waals surface area (Å²) in [6.45, 7) is 0. The number of nitrogens with zero attached hydrogens (tertiary/aromatic N) is 2. The number of hydrogen-bond acceptors (Lipinski definition) is 5. The van der Waals surface area contributed by atoms with Crippen molar-refractivity contribution < 1.29 is 9.59 Å². The van der Waals surface area contributed by atoms with Crippen molar-refractivity contribution in [2.45, 2.75) is 5.03 Å². The molecule has 0 radical (unpaired) electrons. The second kappa shape index (κ2) is 6.14. The van der Waals surface area contributed by atoms with Gasteiger partial charge in [-0.3, -0.25) is 10.1 Å². The minimum absolute atomic E-state index is 0.107. The van der Waals surface area contributed by atoms with E-state index in [0.29, 0.717) is 5.03 Å². The van der Waals surface area contributed by atoms with Crippen molar-refractivity contribution in [3.8, 4) is 0 Å². The third-order valence-electron chi connectivity index (χ3n) is 2.36. The number of rotatable bonds is 3. The molecule has 0 aliphatic heterocycles. The minimum Gasteiger partial charge on any atom is -0.341 e. The number of fused-ring (bicyclic) bond motifs is 1. The highest BCUT2D eigenvalue weighted by Crippen LogP contribution is 2.24. The van der Waals surface area contributed by atoms with Crippen LogP contribution in [0.5, 0.6) is 0 Å². The lowest BCUT2D eigenvalue weighted by atomic mass is 10.2. The van der Waals surface area contributed by atoms with Crippen LogP contribution in [0.25, 0.3) is 10.8 Å². The van der Waals surface area contributed by atoms with Crippen LogP contribution in [0.4, 0.5) is 4.79 Å². The lowest BCUT2D eigenvalue weighted by molar-refractivity contribution is -0.117. The van der Waals surface area contributed by atoms with E-state index in [2.05, 4.69) is 20.8 Å². The zero-order chi connectivity index (χ0) is 13.7. The van der Waals surface area contributed by atoms with E-state index < -0.39 is 6.03 Å². The maximum absolute atomic E-state index is 11.5. The molecule has 2 N–H and O–H groups in total. The number of carbonyl (C=O) groups is 2. The lowest BCUT2D eigenvalue weighted by Crippen LogP contribution is -2.38. The predicted molar refractivity (Wildman–Crippen MR) is 72.9 cm³/mol. The Morgan fingerprint density at radius 2 is 2.11 bits per heavy atom. The second-order valence-corrected chi connectivity index (χ2v) is 4.62. The first-order valence-electron chi connectivity index (χ1n) is 5.55. The number of nitrogens with one attached hydrogen (secondary N) is 2. The van der Waals surface area contributed by atoms with Crippen molar-refractivity contribution in [1.29, 1.82) is 0 Å². The van der Waals surface area contributed by atoms with E-state index in [-0.39, 0.29) is 11.7 Å². The molecule has 0 spiro atoms. The molecule has 0 aliphatic rings. The summed E-state index contributed by atoms with van der Waals surface area (Å²) in [5.74, 6) is -0.269. The maximum atomic E-state index is 11.5. The molecule has 2 rings (SSSR count). The zero-order valence-electron chi connectivity index (χ0n) is 10.2. The van der Waals surface area contributed by atoms with Crippen LogP contribution in [0, 0.1) is 0 Å². The van der Waals surface area contributed by atoms with Gasteiger partial charge in [-0.1, -0.05) is 36.0 Å². The van der Waals surface area contributed by atoms with Gasteiger partial charge in [-0.15, -0.1) is 5.10 Å². The van der Waals surface area contributed by atoms with Crippen LogP contribution in [0.1, 0.15) is 0 Å². The molecule has 2 aromatic rings. The Hall–Kier alpha value is -2.15. The number of imide groups is 1. The molecule has 0 fully saturated rings. The largest absolute Gasteiger partial charge is 0.341 e. The molecule has 1 heterocycles. The van der Waals surface area contributed by atoms with Gasteiger partial charge in [0.1, 0.15) is 5.03 Å². The monoisotopic (exact) mass is 276 g/mol. The maximum Gasteiger partial charge on any atom is 0.321 e. The molecular weight excluding hydrogens is 264 g/mol. The number of carbonyl (C=O) groups excluding carboxylic acids is 2. The average molecular weight is 276 g/mol. The van der Waals surface area contributed by atoms with E-state index in [0.717, 1.165) is 10.8 Å². The fraction of sp³-hybridized carbons (Fsp3) is 0.167. The number of aromatic nitrogens is 2. The van der Waals surface area contributed by atoms with Crippen LogP contribution in [0.3, 0.4) is 0 Å². The van der Waals surface area contributed by atoms with Crippen LogP contribution in [-0.2, 0) is 4.79 Å². The molecule has 1 aromatic carbocycles. The van der Waals surface area contributed by atoms with Gasteiger partial charge >= 0.3 is 6.03 Å². The first-order valence-corrected chi connectivity index (χ1v) is 6.54. The summed E-state index contributed by atoms with van der Waals surface area (Å²) in [7, 11) is 1.45. The summed E-state index contributed by atoms with van der Waals surface area (Å²) in [5, 5.41) is 15.0. The molecule has 19 heavy (non-hydrogen) atoms. The Morgan fingerprint density at radius 1 is 1.32 bits per heavy atom. The van der Waals surface area contributed by atoms with Gasteiger partial charge in [0, 0.05) is 17.8 Å². The number of benzene rings is 1. The van der Waals surface area contributed by atoms with Gasteiger partial charge in [0.2, 0.25) is 5.91 Å². The molecule has 1 aromatic heterocycles. The molecule has 0 aliphatic carbocycles. The van der Waals surface area contributed by atoms with Gasteiger partial charge in [0.05, 0.1) is 11.9 Å². The van der Waals surface area contributed by atoms with Crippen molar-refractivity contribution in [3.05, 3.63) is 30.5 Å². The van der Waals surface area contributed by atoms with Crippen LogP contribution in [-0.4, -0.2) is 34.9 Å². The Kier molecular flexibility index (Phi) is 4.30. The Bertz CT molecular complexity index is 612. The van der Waals surface area contributed by atoms with E-state index in [1.54, 1.807) is 6.20 Å². The molecule has 3 amide bonds. The molecule has 0 atom stereocenters. The SMILES string of the molecule is CNC(=O)NC(=O)CSc1nncc2ccccc12. The third-order valence-corrected chi connectivity index (χ3v) is 3.34. The summed E-state index contributed by atoms with van der Waals surface area (Å²) < 4.78 is 0. The first-order chi connectivity index (χ1) is 9.20. The summed E-state index contributed by atoms with van der Waals surface area (Å²) in [6.07, 6.45) is 1.67. The number of thioether (sulfide) groups is 1. The highest BCUT2D eigenvalue weighted by molar-refractivity contribution is 8.00. The van der Waals surface area contributed by atoms with Crippen molar-refractivity contribution in [2.24, 2.45) is 0 Å². The smallest absolute Gasteiger partial charge is 0.321 e. The molecule has 0 bridgehead atoms. The Labute approximate surface area is 114 Å². The van der Waals surface area contributed by atoms with E-state index in [1.807, 2.05) is 24.3 Å². The van der Waals surface area contributed by atoms with Crippen molar-refractivity contribution in [1.82, 2.24) is 20.8 Å².